The molecule has 39 heavy (non-hydrogen) atoms. The summed E-state index contributed by atoms with van der Waals surface area (Å²) in [5.41, 5.74) is 1.22. The van der Waals surface area contributed by atoms with Crippen LogP contribution in [0.15, 0.2) is 63.3 Å². The van der Waals surface area contributed by atoms with E-state index in [-0.39, 0.29) is 23.8 Å². The first-order valence-corrected chi connectivity index (χ1v) is 12.5. The van der Waals surface area contributed by atoms with Crippen LogP contribution >= 0.6 is 0 Å². The molecule has 12 nitrogen and oxygen atoms in total. The Kier molecular flexibility index (Phi) is 8.55. The zero-order chi connectivity index (χ0) is 28.1. The highest BCUT2D eigenvalue weighted by molar-refractivity contribution is 6.07. The number of ether oxygens (including phenoxy) is 2. The lowest BCUT2D eigenvalue weighted by Crippen LogP contribution is -2.49. The minimum Gasteiger partial charge on any atom is -0.468 e. The summed E-state index contributed by atoms with van der Waals surface area (Å²) >= 11 is 0. The van der Waals surface area contributed by atoms with Gasteiger partial charge in [0.15, 0.2) is 5.76 Å². The minimum absolute atomic E-state index is 0.0784. The summed E-state index contributed by atoms with van der Waals surface area (Å²) in [7, 11) is 1.24. The number of carbonyl (C=O) groups excluding carboxylic acids is 3. The maximum atomic E-state index is 13.4. The fourth-order valence-corrected chi connectivity index (χ4v) is 5.00. The molecule has 1 saturated heterocycles. The molecule has 0 saturated carbocycles. The molecule has 0 N–H and O–H groups in total. The molecule has 3 heterocycles. The predicted octanol–water partition coefficient (Wildman–Crippen LogP) is 2.81. The molecule has 0 aliphatic carbocycles. The predicted molar refractivity (Wildman–Crippen MR) is 139 cm³/mol. The minimum atomic E-state index is -0.942. The lowest BCUT2D eigenvalue weighted by molar-refractivity contribution is -0.384. The molecule has 1 amide bonds. The van der Waals surface area contributed by atoms with E-state index in [0.717, 1.165) is 0 Å². The number of non-ortho nitro benzene ring substituents is 1. The number of nitrogens with zero attached hydrogens (tertiary/aromatic N) is 4. The van der Waals surface area contributed by atoms with Crippen molar-refractivity contribution in [3.63, 3.8) is 0 Å². The monoisotopic (exact) mass is 538 g/mol. The number of hydrogen-bond donors (Lipinski definition) is 0. The summed E-state index contributed by atoms with van der Waals surface area (Å²) < 4.78 is 15.8. The molecule has 4 rings (SSSR count). The summed E-state index contributed by atoms with van der Waals surface area (Å²) in [4.78, 5) is 57.7. The van der Waals surface area contributed by atoms with Crippen molar-refractivity contribution in [3.8, 4) is 0 Å². The van der Waals surface area contributed by atoms with Crippen molar-refractivity contribution in [3.05, 3.63) is 75.4 Å². The Bertz CT molecular complexity index is 1310. The van der Waals surface area contributed by atoms with Gasteiger partial charge in [-0.1, -0.05) is 12.1 Å². The number of furan rings is 1. The number of allylic oxidation sites excluding steroid dienone is 1. The number of methoxy groups -OCH3 is 1. The number of hydrogen-bond acceptors (Lipinski definition) is 10. The second kappa shape index (κ2) is 12.0. The highest BCUT2D eigenvalue weighted by atomic mass is 16.6. The van der Waals surface area contributed by atoms with E-state index in [0.29, 0.717) is 55.5 Å². The molecule has 1 unspecified atom stereocenters. The van der Waals surface area contributed by atoms with Crippen molar-refractivity contribution in [1.82, 2.24) is 9.80 Å². The summed E-state index contributed by atoms with van der Waals surface area (Å²) in [5.74, 6) is -2.92. The number of carbonyl (C=O) groups is 3. The average Bonchev–Trinajstić information content (AvgIpc) is 3.47. The first-order valence-electron chi connectivity index (χ1n) is 12.5. The van der Waals surface area contributed by atoms with Crippen LogP contribution < -0.4 is 0 Å². The van der Waals surface area contributed by atoms with Gasteiger partial charge in [0.05, 0.1) is 23.9 Å². The van der Waals surface area contributed by atoms with Crippen LogP contribution in [0.2, 0.25) is 0 Å². The van der Waals surface area contributed by atoms with E-state index >= 15 is 0 Å². The molecule has 2 aromatic rings. The zero-order valence-corrected chi connectivity index (χ0v) is 22.0. The van der Waals surface area contributed by atoms with Crippen molar-refractivity contribution in [1.29, 1.82) is 0 Å². The van der Waals surface area contributed by atoms with Gasteiger partial charge in [-0.2, -0.15) is 0 Å². The Labute approximate surface area is 225 Å². The third-order valence-electron chi connectivity index (χ3n) is 6.98. The number of nitro benzene ring substituents is 1. The summed E-state index contributed by atoms with van der Waals surface area (Å²) in [5, 5.41) is 11.4. The topological polar surface area (TPSA) is 145 Å². The van der Waals surface area contributed by atoms with E-state index in [4.69, 9.17) is 13.9 Å². The SMILES string of the molecule is COC(=O)C1C(C)=NC(C)=C(C(=O)OCCN2CCN(C(=O)c3ccco3)CC2)[C@H]1c1cccc([N+](=O)[O-])c1. The fraction of sp³-hybridized carbons (Fsp3) is 0.407. The van der Waals surface area contributed by atoms with Gasteiger partial charge in [0, 0.05) is 62.2 Å². The number of aliphatic imine (C=N–C) groups is 1. The lowest BCUT2D eigenvalue weighted by atomic mass is 9.75. The van der Waals surface area contributed by atoms with Crippen LogP contribution in [-0.4, -0.2) is 84.7 Å². The molecule has 1 fully saturated rings. The van der Waals surface area contributed by atoms with Crippen LogP contribution in [0.5, 0.6) is 0 Å². The first-order chi connectivity index (χ1) is 18.7. The van der Waals surface area contributed by atoms with Crippen molar-refractivity contribution in [2.75, 3.05) is 46.4 Å². The molecule has 2 atom stereocenters. The van der Waals surface area contributed by atoms with Crippen LogP contribution in [-0.2, 0) is 19.1 Å². The van der Waals surface area contributed by atoms with Gasteiger partial charge >= 0.3 is 11.9 Å². The van der Waals surface area contributed by atoms with E-state index in [1.807, 2.05) is 0 Å². The first kappa shape index (κ1) is 27.7. The Balaban J connectivity index is 1.45. The van der Waals surface area contributed by atoms with Gasteiger partial charge in [-0.3, -0.25) is 29.6 Å². The Morgan fingerprint density at radius 3 is 2.51 bits per heavy atom. The van der Waals surface area contributed by atoms with Crippen LogP contribution in [0.25, 0.3) is 0 Å². The van der Waals surface area contributed by atoms with E-state index in [1.165, 1.54) is 31.6 Å². The van der Waals surface area contributed by atoms with Gasteiger partial charge in [-0.15, -0.1) is 0 Å². The van der Waals surface area contributed by atoms with Crippen LogP contribution in [0, 0.1) is 16.0 Å². The van der Waals surface area contributed by atoms with E-state index < -0.39 is 28.7 Å². The molecule has 2 aliphatic heterocycles. The quantitative estimate of drug-likeness (QED) is 0.281. The van der Waals surface area contributed by atoms with Gasteiger partial charge in [0.25, 0.3) is 11.6 Å². The van der Waals surface area contributed by atoms with Gasteiger partial charge in [-0.05, 0) is 31.5 Å². The summed E-state index contributed by atoms with van der Waals surface area (Å²) in [6.45, 7) is 6.08. The van der Waals surface area contributed by atoms with Gasteiger partial charge in [0.1, 0.15) is 12.5 Å². The molecule has 0 bridgehead atoms. The van der Waals surface area contributed by atoms with Crippen molar-refractivity contribution in [2.45, 2.75) is 19.8 Å². The number of nitro groups is 1. The standard InChI is InChI=1S/C27H30N4O8/c1-17-22(26(33)37-3)24(19-6-4-7-20(16-19)31(35)36)23(18(2)28-17)27(34)39-15-13-29-9-11-30(12-10-29)25(32)21-8-5-14-38-21/h4-8,14,16,22,24H,9-13,15H2,1-3H3/t22?,24-/m0/s1. The largest absolute Gasteiger partial charge is 0.468 e. The number of benzene rings is 1. The van der Waals surface area contributed by atoms with Gasteiger partial charge < -0.3 is 18.8 Å². The third kappa shape index (κ3) is 6.06. The zero-order valence-electron chi connectivity index (χ0n) is 22.0. The maximum Gasteiger partial charge on any atom is 0.336 e. The molecule has 12 heteroatoms. The molecular weight excluding hydrogens is 508 g/mol. The molecule has 2 aliphatic rings. The number of rotatable bonds is 8. The van der Waals surface area contributed by atoms with Crippen molar-refractivity contribution < 1.29 is 33.2 Å². The average molecular weight is 539 g/mol. The molecule has 0 radical (unpaired) electrons. The highest BCUT2D eigenvalue weighted by Crippen LogP contribution is 2.40. The summed E-state index contributed by atoms with van der Waals surface area (Å²) in [6, 6.07) is 9.14. The van der Waals surface area contributed by atoms with E-state index in [9.17, 15) is 24.5 Å². The summed E-state index contributed by atoms with van der Waals surface area (Å²) in [6.07, 6.45) is 1.46. The number of piperazine rings is 1. The van der Waals surface area contributed by atoms with Crippen molar-refractivity contribution in [2.24, 2.45) is 10.9 Å². The Morgan fingerprint density at radius 2 is 1.87 bits per heavy atom. The molecule has 1 aromatic carbocycles. The van der Waals surface area contributed by atoms with Crippen LogP contribution in [0.1, 0.15) is 35.9 Å². The van der Waals surface area contributed by atoms with Gasteiger partial charge in [0.2, 0.25) is 0 Å². The smallest absolute Gasteiger partial charge is 0.336 e. The lowest BCUT2D eigenvalue weighted by Gasteiger charge is -2.34. The van der Waals surface area contributed by atoms with Crippen molar-refractivity contribution >= 4 is 29.2 Å². The highest BCUT2D eigenvalue weighted by Gasteiger charge is 2.42. The molecule has 1 aromatic heterocycles. The molecule has 0 spiro atoms. The van der Waals surface area contributed by atoms with Crippen LogP contribution in [0.3, 0.4) is 0 Å². The van der Waals surface area contributed by atoms with Crippen LogP contribution in [0.4, 0.5) is 5.69 Å². The number of esters is 2. The van der Waals surface area contributed by atoms with Gasteiger partial charge in [-0.25, -0.2) is 4.79 Å². The maximum absolute atomic E-state index is 13.4. The third-order valence-corrected chi connectivity index (χ3v) is 6.98. The number of amides is 1. The van der Waals surface area contributed by atoms with E-state index in [2.05, 4.69) is 9.89 Å². The normalized spacial score (nSPS) is 19.9. The second-order valence-electron chi connectivity index (χ2n) is 9.33. The Morgan fingerprint density at radius 1 is 1.13 bits per heavy atom. The van der Waals surface area contributed by atoms with E-state index in [1.54, 1.807) is 36.9 Å². The molecule has 206 valence electrons. The Hall–Kier alpha value is -4.32. The molecular formula is C27H30N4O8. The second-order valence-corrected chi connectivity index (χ2v) is 9.33. The fourth-order valence-electron chi connectivity index (χ4n) is 5.00.